The quantitative estimate of drug-likeness (QED) is 0.205. The Morgan fingerprint density at radius 1 is 0.870 bits per heavy atom. The molecule has 7 rings (SSSR count). The third kappa shape index (κ3) is 8.09. The first-order valence-corrected chi connectivity index (χ1v) is 19.0. The van der Waals surface area contributed by atoms with Gasteiger partial charge >= 0.3 is 6.09 Å². The van der Waals surface area contributed by atoms with Crippen molar-refractivity contribution in [3.8, 4) is 11.1 Å². The summed E-state index contributed by atoms with van der Waals surface area (Å²) < 4.78 is 10.2. The average Bonchev–Trinajstić information content (AvgIpc) is 4.06. The zero-order valence-electron chi connectivity index (χ0n) is 31.3. The number of carbonyl (C=O) groups excluding carboxylic acids is 3. The van der Waals surface area contributed by atoms with Crippen LogP contribution in [0.15, 0.2) is 102 Å². The van der Waals surface area contributed by atoms with Crippen LogP contribution in [0.2, 0.25) is 0 Å². The molecule has 2 fully saturated rings. The first-order chi connectivity index (χ1) is 26.3. The first-order valence-electron chi connectivity index (χ1n) is 19.0. The van der Waals surface area contributed by atoms with Gasteiger partial charge in [-0.25, -0.2) is 4.79 Å². The molecule has 0 radical (unpaired) electrons. The van der Waals surface area contributed by atoms with E-state index in [0.29, 0.717) is 19.5 Å². The maximum atomic E-state index is 13.6. The van der Waals surface area contributed by atoms with Gasteiger partial charge in [0.05, 0.1) is 19.3 Å². The van der Waals surface area contributed by atoms with Gasteiger partial charge in [0.15, 0.2) is 0 Å². The van der Waals surface area contributed by atoms with Gasteiger partial charge in [-0.15, -0.1) is 0 Å². The van der Waals surface area contributed by atoms with Crippen LogP contribution in [0.1, 0.15) is 68.6 Å². The number of carbonyl (C=O) groups is 3. The Labute approximate surface area is 317 Å². The number of allylic oxidation sites excluding steroid dienone is 5. The highest BCUT2D eigenvalue weighted by molar-refractivity contribution is 6.04. The van der Waals surface area contributed by atoms with Crippen LogP contribution < -0.4 is 10.6 Å². The van der Waals surface area contributed by atoms with Crippen molar-refractivity contribution in [3.63, 3.8) is 0 Å². The van der Waals surface area contributed by atoms with Crippen molar-refractivity contribution in [2.45, 2.75) is 76.6 Å². The molecule has 54 heavy (non-hydrogen) atoms. The van der Waals surface area contributed by atoms with Crippen LogP contribution in [-0.4, -0.2) is 72.5 Å². The standard InChI is InChI=1S/C44H49N5O5/c1-28(53-2)41(48-44(52)54-3)43(51)49-22-6-10-40(49)39-24-36(27-46-39)33-17-13-31(14-18-33)30-11-15-32(16-12-30)34-19-20-35(23-34)37-8-4-9-38(37)42(50)47-26-29-7-5-21-45-25-29/h5,7,11-21,25,27-28,37-38,40-41H,4,6,8-10,22-24,26H2,1-3H3,(H,47,50)(H,48,52)/t28-,37?,38?,40+,41+/m1/s1. The molecular weight excluding hydrogens is 679 g/mol. The predicted molar refractivity (Wildman–Crippen MR) is 210 cm³/mol. The van der Waals surface area contributed by atoms with Gasteiger partial charge in [0.2, 0.25) is 11.8 Å². The van der Waals surface area contributed by atoms with Gasteiger partial charge < -0.3 is 25.0 Å². The summed E-state index contributed by atoms with van der Waals surface area (Å²) in [6.45, 7) is 2.87. The number of aromatic nitrogens is 1. The van der Waals surface area contributed by atoms with Gasteiger partial charge in [-0.1, -0.05) is 78.7 Å². The summed E-state index contributed by atoms with van der Waals surface area (Å²) in [5.41, 5.74) is 10.4. The van der Waals surface area contributed by atoms with Gasteiger partial charge in [0.1, 0.15) is 6.04 Å². The fraction of sp³-hybridized carbons (Fsp3) is 0.386. The Morgan fingerprint density at radius 3 is 2.28 bits per heavy atom. The minimum Gasteiger partial charge on any atom is -0.453 e. The van der Waals surface area contributed by atoms with Crippen LogP contribution in [0, 0.1) is 11.8 Å². The van der Waals surface area contributed by atoms with E-state index in [1.54, 1.807) is 19.3 Å². The Hall–Kier alpha value is -5.35. The van der Waals surface area contributed by atoms with Gasteiger partial charge in [-0.2, -0.15) is 0 Å². The molecule has 3 aromatic rings. The first kappa shape index (κ1) is 37.0. The molecule has 10 nitrogen and oxygen atoms in total. The van der Waals surface area contributed by atoms with Gasteiger partial charge in [-0.05, 0) is 90.0 Å². The fourth-order valence-corrected chi connectivity index (χ4v) is 8.38. The van der Waals surface area contributed by atoms with Crippen molar-refractivity contribution < 1.29 is 23.9 Å². The highest BCUT2D eigenvalue weighted by atomic mass is 16.5. The number of methoxy groups -OCH3 is 2. The average molecular weight is 728 g/mol. The lowest BCUT2D eigenvalue weighted by atomic mass is 9.85. The molecule has 2 aromatic carbocycles. The SMILES string of the molecule is COC(=O)N[C@H](C(=O)N1CCC[C@H]1C1=NC=C(c2ccc(-c3ccc(C4=CC=C(C5CCCC5C(=O)NCc5cccnc5)C4)cc3)cc2)C1)[C@@H](C)OC. The Morgan fingerprint density at radius 2 is 1.59 bits per heavy atom. The van der Waals surface area contributed by atoms with Crippen molar-refractivity contribution in [3.05, 3.63) is 114 Å². The highest BCUT2D eigenvalue weighted by Gasteiger charge is 2.40. The molecule has 2 unspecified atom stereocenters. The fourth-order valence-electron chi connectivity index (χ4n) is 8.38. The molecular formula is C44H49N5O5. The molecule has 10 heteroatoms. The number of hydrogen-bond acceptors (Lipinski definition) is 7. The summed E-state index contributed by atoms with van der Waals surface area (Å²) in [6, 6.07) is 20.3. The summed E-state index contributed by atoms with van der Waals surface area (Å²) in [5.74, 6) is 0.261. The molecule has 280 valence electrons. The minimum absolute atomic E-state index is 0.0189. The maximum absolute atomic E-state index is 13.6. The maximum Gasteiger partial charge on any atom is 0.407 e. The molecule has 2 aliphatic carbocycles. The van der Waals surface area contributed by atoms with Crippen molar-refractivity contribution in [1.82, 2.24) is 20.5 Å². The molecule has 0 spiro atoms. The summed E-state index contributed by atoms with van der Waals surface area (Å²) in [4.78, 5) is 49.6. The monoisotopic (exact) mass is 727 g/mol. The largest absolute Gasteiger partial charge is 0.453 e. The highest BCUT2D eigenvalue weighted by Crippen LogP contribution is 2.43. The minimum atomic E-state index is -0.851. The number of hydrogen-bond donors (Lipinski definition) is 2. The molecule has 5 atom stereocenters. The number of benzene rings is 2. The number of pyridine rings is 1. The van der Waals surface area contributed by atoms with Crippen LogP contribution in [-0.2, 0) is 25.6 Å². The summed E-state index contributed by atoms with van der Waals surface area (Å²) in [5, 5.41) is 5.80. The summed E-state index contributed by atoms with van der Waals surface area (Å²) in [7, 11) is 2.80. The van der Waals surface area contributed by atoms with E-state index in [2.05, 4.69) is 76.3 Å². The molecule has 2 aliphatic heterocycles. The number of nitrogens with zero attached hydrogens (tertiary/aromatic N) is 3. The lowest BCUT2D eigenvalue weighted by Crippen LogP contribution is -2.56. The van der Waals surface area contributed by atoms with E-state index in [4.69, 9.17) is 14.5 Å². The van der Waals surface area contributed by atoms with E-state index >= 15 is 0 Å². The molecule has 2 N–H and O–H groups in total. The molecule has 4 aliphatic rings. The van der Waals surface area contributed by atoms with Crippen LogP contribution in [0.25, 0.3) is 22.3 Å². The zero-order valence-corrected chi connectivity index (χ0v) is 31.3. The van der Waals surface area contributed by atoms with E-state index in [1.807, 2.05) is 23.2 Å². The smallest absolute Gasteiger partial charge is 0.407 e. The number of aliphatic imine (C=N–C) groups is 1. The molecule has 3 amide bonds. The van der Waals surface area contributed by atoms with Gasteiger partial charge in [0, 0.05) is 56.8 Å². The van der Waals surface area contributed by atoms with E-state index in [-0.39, 0.29) is 29.7 Å². The zero-order chi connectivity index (χ0) is 37.6. The molecule has 0 bridgehead atoms. The Kier molecular flexibility index (Phi) is 11.5. The lowest BCUT2D eigenvalue weighted by molar-refractivity contribution is -0.136. The Balaban J connectivity index is 0.924. The summed E-state index contributed by atoms with van der Waals surface area (Å²) in [6.07, 6.45) is 15.1. The van der Waals surface area contributed by atoms with Crippen molar-refractivity contribution in [2.75, 3.05) is 20.8 Å². The van der Waals surface area contributed by atoms with E-state index in [9.17, 15) is 14.4 Å². The van der Waals surface area contributed by atoms with E-state index in [1.165, 1.54) is 30.9 Å². The second-order valence-corrected chi connectivity index (χ2v) is 14.7. The lowest BCUT2D eigenvalue weighted by Gasteiger charge is -2.31. The number of likely N-dealkylation sites (tertiary alicyclic amines) is 1. The third-order valence-electron chi connectivity index (χ3n) is 11.5. The molecule has 1 aromatic heterocycles. The Bertz CT molecular complexity index is 1970. The molecule has 1 saturated carbocycles. The van der Waals surface area contributed by atoms with Crippen LogP contribution in [0.5, 0.6) is 0 Å². The van der Waals surface area contributed by atoms with Crippen molar-refractivity contribution in [1.29, 1.82) is 0 Å². The van der Waals surface area contributed by atoms with Crippen LogP contribution >= 0.6 is 0 Å². The molecule has 1 saturated heterocycles. The summed E-state index contributed by atoms with van der Waals surface area (Å²) >= 11 is 0. The predicted octanol–water partition coefficient (Wildman–Crippen LogP) is 7.13. The number of nitrogens with one attached hydrogen (secondary N) is 2. The molecule has 3 heterocycles. The third-order valence-corrected chi connectivity index (χ3v) is 11.5. The topological polar surface area (TPSA) is 122 Å². The number of rotatable bonds is 12. The van der Waals surface area contributed by atoms with Crippen LogP contribution in [0.3, 0.4) is 0 Å². The van der Waals surface area contributed by atoms with Crippen molar-refractivity contribution in [2.24, 2.45) is 16.8 Å². The van der Waals surface area contributed by atoms with E-state index in [0.717, 1.165) is 72.1 Å². The number of amides is 3. The second kappa shape index (κ2) is 16.8. The number of alkyl carbamates (subject to hydrolysis) is 1. The van der Waals surface area contributed by atoms with Gasteiger partial charge in [0.25, 0.3) is 0 Å². The van der Waals surface area contributed by atoms with Crippen molar-refractivity contribution >= 4 is 34.8 Å². The normalized spacial score (nSPS) is 21.8. The van der Waals surface area contributed by atoms with Crippen LogP contribution in [0.4, 0.5) is 4.79 Å². The number of ether oxygens (including phenoxy) is 2. The van der Waals surface area contributed by atoms with Gasteiger partial charge in [-0.3, -0.25) is 19.6 Å². The van der Waals surface area contributed by atoms with E-state index < -0.39 is 18.2 Å². The second-order valence-electron chi connectivity index (χ2n) is 14.7.